The lowest BCUT2D eigenvalue weighted by molar-refractivity contribution is -0.137. The lowest BCUT2D eigenvalue weighted by Gasteiger charge is -2.25. The van der Waals surface area contributed by atoms with Crippen molar-refractivity contribution in [1.29, 1.82) is 0 Å². The Labute approximate surface area is 121 Å². The Morgan fingerprint density at radius 1 is 1.00 bits per heavy atom. The topological polar surface area (TPSA) is 3.24 Å². The summed E-state index contributed by atoms with van der Waals surface area (Å²) in [5.74, 6) is 0. The molecule has 3 rings (SSSR count). The third kappa shape index (κ3) is 3.10. The third-order valence-corrected chi connectivity index (χ3v) is 3.53. The number of nitrogens with zero attached hydrogens (tertiary/aromatic N) is 1. The van der Waals surface area contributed by atoms with E-state index < -0.39 is 11.7 Å². The van der Waals surface area contributed by atoms with E-state index in [-0.39, 0.29) is 0 Å². The minimum absolute atomic E-state index is 0.467. The van der Waals surface area contributed by atoms with Gasteiger partial charge in [-0.05, 0) is 34.9 Å². The number of halogens is 3. The van der Waals surface area contributed by atoms with Crippen LogP contribution in [-0.2, 0) is 19.3 Å². The molecule has 21 heavy (non-hydrogen) atoms. The smallest absolute Gasteiger partial charge is 0.369 e. The van der Waals surface area contributed by atoms with Gasteiger partial charge in [0.1, 0.15) is 0 Å². The van der Waals surface area contributed by atoms with E-state index in [1.165, 1.54) is 17.7 Å². The Bertz CT molecular complexity index is 674. The highest BCUT2D eigenvalue weighted by atomic mass is 19.4. The normalized spacial score (nSPS) is 14.1. The predicted octanol–water partition coefficient (Wildman–Crippen LogP) is 4.69. The molecular weight excluding hydrogens is 275 g/mol. The second-order valence-electron chi connectivity index (χ2n) is 5.12. The molecule has 0 bridgehead atoms. The molecule has 0 spiro atoms. The second-order valence-corrected chi connectivity index (χ2v) is 5.12. The molecule has 0 fully saturated rings. The molecule has 0 N–H and O–H groups in total. The van der Waals surface area contributed by atoms with Crippen molar-refractivity contribution in [2.45, 2.75) is 19.3 Å². The monoisotopic (exact) mass is 289 g/mol. The number of rotatable bonds is 2. The fourth-order valence-corrected chi connectivity index (χ4v) is 2.49. The summed E-state index contributed by atoms with van der Waals surface area (Å²) in [7, 11) is 0. The summed E-state index contributed by atoms with van der Waals surface area (Å²) >= 11 is 0. The molecule has 1 aliphatic rings. The maximum Gasteiger partial charge on any atom is 0.416 e. The molecular formula is C17H14F3N. The first kappa shape index (κ1) is 13.7. The third-order valence-electron chi connectivity index (χ3n) is 3.53. The minimum Gasteiger partial charge on any atom is -0.369 e. The van der Waals surface area contributed by atoms with Crippen molar-refractivity contribution in [2.75, 3.05) is 0 Å². The summed E-state index contributed by atoms with van der Waals surface area (Å²) in [5, 5.41) is 0. The van der Waals surface area contributed by atoms with Crippen molar-refractivity contribution in [1.82, 2.24) is 4.90 Å². The van der Waals surface area contributed by atoms with Gasteiger partial charge in [-0.25, -0.2) is 0 Å². The van der Waals surface area contributed by atoms with E-state index in [1.807, 2.05) is 41.4 Å². The van der Waals surface area contributed by atoms with Crippen LogP contribution in [0.5, 0.6) is 0 Å². The van der Waals surface area contributed by atoms with Crippen LogP contribution in [0.1, 0.15) is 22.3 Å². The van der Waals surface area contributed by atoms with E-state index in [4.69, 9.17) is 0 Å². The number of fused-ring (bicyclic) bond motifs is 1. The summed E-state index contributed by atoms with van der Waals surface area (Å²) < 4.78 is 38.1. The van der Waals surface area contributed by atoms with Crippen molar-refractivity contribution in [3.05, 3.63) is 77.0 Å². The first-order chi connectivity index (χ1) is 10.0. The summed E-state index contributed by atoms with van der Waals surface area (Å²) in [4.78, 5) is 2.01. The van der Waals surface area contributed by atoms with Crippen molar-refractivity contribution in [3.63, 3.8) is 0 Å². The van der Waals surface area contributed by atoms with Gasteiger partial charge < -0.3 is 4.90 Å². The Kier molecular flexibility index (Phi) is 3.45. The fraction of sp³-hybridized carbons (Fsp3) is 0.176. The highest BCUT2D eigenvalue weighted by Gasteiger charge is 2.30. The SMILES string of the molecule is FC(F)(F)c1cccc(CN2C=Cc3ccccc3C2)c1. The molecule has 0 amide bonds. The molecule has 0 saturated heterocycles. The molecule has 1 heterocycles. The Morgan fingerprint density at radius 3 is 2.62 bits per heavy atom. The molecule has 0 atom stereocenters. The first-order valence-electron chi connectivity index (χ1n) is 6.69. The predicted molar refractivity (Wildman–Crippen MR) is 76.2 cm³/mol. The van der Waals surface area contributed by atoms with E-state index in [2.05, 4.69) is 0 Å². The highest BCUT2D eigenvalue weighted by Crippen LogP contribution is 2.30. The Hall–Kier alpha value is -2.23. The summed E-state index contributed by atoms with van der Waals surface area (Å²) in [6, 6.07) is 13.5. The molecule has 2 aromatic rings. The average molecular weight is 289 g/mol. The minimum atomic E-state index is -4.29. The summed E-state index contributed by atoms with van der Waals surface area (Å²) in [6.45, 7) is 1.18. The summed E-state index contributed by atoms with van der Waals surface area (Å²) in [6.07, 6.45) is -0.366. The summed E-state index contributed by atoms with van der Waals surface area (Å²) in [5.41, 5.74) is 2.42. The number of hydrogen-bond donors (Lipinski definition) is 0. The van der Waals surface area contributed by atoms with E-state index >= 15 is 0 Å². The van der Waals surface area contributed by atoms with Crippen molar-refractivity contribution < 1.29 is 13.2 Å². The number of hydrogen-bond acceptors (Lipinski definition) is 1. The van der Waals surface area contributed by atoms with Crippen LogP contribution < -0.4 is 0 Å². The largest absolute Gasteiger partial charge is 0.416 e. The van der Waals surface area contributed by atoms with Gasteiger partial charge in [0.25, 0.3) is 0 Å². The van der Waals surface area contributed by atoms with Gasteiger partial charge in [-0.2, -0.15) is 13.2 Å². The van der Waals surface area contributed by atoms with Gasteiger partial charge in [0.2, 0.25) is 0 Å². The number of benzene rings is 2. The van der Waals surface area contributed by atoms with Crippen LogP contribution in [0.4, 0.5) is 13.2 Å². The van der Waals surface area contributed by atoms with Crippen LogP contribution >= 0.6 is 0 Å². The van der Waals surface area contributed by atoms with E-state index in [0.29, 0.717) is 18.7 Å². The standard InChI is InChI=1S/C17H14F3N/c18-17(19,20)16-7-3-4-13(10-16)11-21-9-8-14-5-1-2-6-15(14)12-21/h1-10H,11-12H2. The van der Waals surface area contributed by atoms with Gasteiger partial charge in [-0.15, -0.1) is 0 Å². The quantitative estimate of drug-likeness (QED) is 0.775. The molecule has 0 saturated carbocycles. The van der Waals surface area contributed by atoms with Crippen LogP contribution in [0, 0.1) is 0 Å². The molecule has 4 heteroatoms. The lowest BCUT2D eigenvalue weighted by atomic mass is 10.0. The zero-order valence-corrected chi connectivity index (χ0v) is 11.3. The van der Waals surface area contributed by atoms with Crippen LogP contribution in [0.25, 0.3) is 6.08 Å². The molecule has 0 aliphatic carbocycles. The Morgan fingerprint density at radius 2 is 1.81 bits per heavy atom. The zero-order valence-electron chi connectivity index (χ0n) is 11.3. The van der Waals surface area contributed by atoms with Gasteiger partial charge >= 0.3 is 6.18 Å². The van der Waals surface area contributed by atoms with E-state index in [1.54, 1.807) is 6.07 Å². The Balaban J connectivity index is 1.77. The maximum atomic E-state index is 12.7. The lowest BCUT2D eigenvalue weighted by Crippen LogP contribution is -2.19. The molecule has 108 valence electrons. The molecule has 1 nitrogen and oxygen atoms in total. The molecule has 2 aromatic carbocycles. The fourth-order valence-electron chi connectivity index (χ4n) is 2.49. The van der Waals surface area contributed by atoms with Gasteiger partial charge in [-0.1, -0.05) is 36.4 Å². The van der Waals surface area contributed by atoms with Crippen LogP contribution in [-0.4, -0.2) is 4.90 Å². The van der Waals surface area contributed by atoms with E-state index in [0.717, 1.165) is 11.6 Å². The van der Waals surface area contributed by atoms with Gasteiger partial charge in [0, 0.05) is 19.3 Å². The highest BCUT2D eigenvalue weighted by molar-refractivity contribution is 5.55. The van der Waals surface area contributed by atoms with Crippen molar-refractivity contribution >= 4 is 6.08 Å². The number of alkyl halides is 3. The van der Waals surface area contributed by atoms with Gasteiger partial charge in [0.05, 0.1) is 5.56 Å². The van der Waals surface area contributed by atoms with Crippen LogP contribution in [0.2, 0.25) is 0 Å². The molecule has 0 unspecified atom stereocenters. The van der Waals surface area contributed by atoms with Crippen LogP contribution in [0.3, 0.4) is 0 Å². The maximum absolute atomic E-state index is 12.7. The van der Waals surface area contributed by atoms with Crippen LogP contribution in [0.15, 0.2) is 54.7 Å². The molecule has 0 radical (unpaired) electrons. The first-order valence-corrected chi connectivity index (χ1v) is 6.69. The van der Waals surface area contributed by atoms with Gasteiger partial charge in [-0.3, -0.25) is 0 Å². The molecule has 1 aliphatic heterocycles. The van der Waals surface area contributed by atoms with Crippen molar-refractivity contribution in [2.24, 2.45) is 0 Å². The average Bonchev–Trinajstić information content (AvgIpc) is 2.46. The van der Waals surface area contributed by atoms with Crippen molar-refractivity contribution in [3.8, 4) is 0 Å². The molecule has 0 aromatic heterocycles. The zero-order chi connectivity index (χ0) is 14.9. The van der Waals surface area contributed by atoms with E-state index in [9.17, 15) is 13.2 Å². The van der Waals surface area contributed by atoms with Gasteiger partial charge in [0.15, 0.2) is 0 Å². The second kappa shape index (κ2) is 5.28.